The molecule has 1 heterocycles. The van der Waals surface area contributed by atoms with Crippen LogP contribution < -0.4 is 15.8 Å². The lowest BCUT2D eigenvalue weighted by molar-refractivity contribution is 0.0960. The highest BCUT2D eigenvalue weighted by Gasteiger charge is 2.15. The van der Waals surface area contributed by atoms with Crippen molar-refractivity contribution >= 4 is 33.0 Å². The first-order chi connectivity index (χ1) is 8.17. The van der Waals surface area contributed by atoms with Crippen molar-refractivity contribution in [2.75, 3.05) is 19.4 Å². The van der Waals surface area contributed by atoms with Gasteiger partial charge in [0.15, 0.2) is 0 Å². The Bertz CT molecular complexity index is 563. The highest BCUT2D eigenvalue weighted by Crippen LogP contribution is 2.35. The Morgan fingerprint density at radius 2 is 2.29 bits per heavy atom. The first-order valence-electron chi connectivity index (χ1n) is 5.31. The third-order valence-electron chi connectivity index (χ3n) is 2.48. The molecule has 0 unspecified atom stereocenters. The summed E-state index contributed by atoms with van der Waals surface area (Å²) in [4.78, 5) is 12.3. The van der Waals surface area contributed by atoms with Gasteiger partial charge >= 0.3 is 0 Å². The Labute approximate surface area is 103 Å². The molecule has 0 aliphatic carbocycles. The molecule has 0 aliphatic heterocycles. The highest BCUT2D eigenvalue weighted by atomic mass is 32.1. The minimum absolute atomic E-state index is 0.120. The van der Waals surface area contributed by atoms with Crippen molar-refractivity contribution < 1.29 is 9.53 Å². The summed E-state index contributed by atoms with van der Waals surface area (Å²) >= 11 is 1.38. The quantitative estimate of drug-likeness (QED) is 0.878. The van der Waals surface area contributed by atoms with E-state index in [1.54, 1.807) is 7.11 Å². The molecule has 0 atom stereocenters. The van der Waals surface area contributed by atoms with Crippen LogP contribution in [-0.4, -0.2) is 19.6 Å². The fourth-order valence-corrected chi connectivity index (χ4v) is 2.70. The van der Waals surface area contributed by atoms with E-state index < -0.39 is 0 Å². The van der Waals surface area contributed by atoms with Gasteiger partial charge in [-0.25, -0.2) is 0 Å². The highest BCUT2D eigenvalue weighted by molar-refractivity contribution is 7.21. The zero-order valence-corrected chi connectivity index (χ0v) is 10.6. The lowest BCUT2D eigenvalue weighted by Crippen LogP contribution is -2.22. The van der Waals surface area contributed by atoms with Crippen molar-refractivity contribution in [1.82, 2.24) is 5.32 Å². The number of nitrogen functional groups attached to an aromatic ring is 1. The number of hydrogen-bond donors (Lipinski definition) is 2. The Morgan fingerprint density at radius 3 is 2.94 bits per heavy atom. The van der Waals surface area contributed by atoms with Crippen LogP contribution in [0.4, 0.5) is 5.69 Å². The standard InChI is InChI=1S/C12H14N2O2S/c1-3-14-12(15)11-10(13)8-5-4-7(16-2)6-9(8)17-11/h4-6H,3,13H2,1-2H3,(H,14,15). The topological polar surface area (TPSA) is 64.3 Å². The summed E-state index contributed by atoms with van der Waals surface area (Å²) in [6, 6.07) is 5.61. The number of ether oxygens (including phenoxy) is 1. The first kappa shape index (κ1) is 11.7. The van der Waals surface area contributed by atoms with Crippen molar-refractivity contribution in [2.24, 2.45) is 0 Å². The number of fused-ring (bicyclic) bond motifs is 1. The predicted molar refractivity (Wildman–Crippen MR) is 70.8 cm³/mol. The molecule has 2 aromatic rings. The molecule has 1 amide bonds. The SMILES string of the molecule is CCNC(=O)c1sc2cc(OC)ccc2c1N. The lowest BCUT2D eigenvalue weighted by Gasteiger charge is -1.99. The van der Waals surface area contributed by atoms with Gasteiger partial charge in [-0.2, -0.15) is 0 Å². The normalized spacial score (nSPS) is 10.5. The van der Waals surface area contributed by atoms with Gasteiger partial charge in [-0.3, -0.25) is 4.79 Å². The lowest BCUT2D eigenvalue weighted by atomic mass is 10.2. The molecule has 90 valence electrons. The van der Waals surface area contributed by atoms with Crippen LogP contribution in [0.25, 0.3) is 10.1 Å². The monoisotopic (exact) mass is 250 g/mol. The second-order valence-electron chi connectivity index (χ2n) is 3.57. The fraction of sp³-hybridized carbons (Fsp3) is 0.250. The number of anilines is 1. The summed E-state index contributed by atoms with van der Waals surface area (Å²) < 4.78 is 6.11. The van der Waals surface area contributed by atoms with Gasteiger partial charge in [-0.15, -0.1) is 11.3 Å². The largest absolute Gasteiger partial charge is 0.497 e. The number of nitrogens with one attached hydrogen (secondary N) is 1. The third-order valence-corrected chi connectivity index (χ3v) is 3.65. The molecular weight excluding hydrogens is 236 g/mol. The maximum atomic E-state index is 11.8. The molecule has 0 radical (unpaired) electrons. The Hall–Kier alpha value is -1.75. The molecule has 4 nitrogen and oxygen atoms in total. The zero-order chi connectivity index (χ0) is 12.4. The minimum Gasteiger partial charge on any atom is -0.497 e. The first-order valence-corrected chi connectivity index (χ1v) is 6.13. The van der Waals surface area contributed by atoms with E-state index in [4.69, 9.17) is 10.5 Å². The molecule has 1 aromatic carbocycles. The van der Waals surface area contributed by atoms with E-state index in [1.807, 2.05) is 25.1 Å². The number of amides is 1. The molecule has 0 aliphatic rings. The molecule has 0 fully saturated rings. The second-order valence-corrected chi connectivity index (χ2v) is 4.62. The van der Waals surface area contributed by atoms with Gasteiger partial charge in [-0.05, 0) is 25.1 Å². The number of hydrogen-bond acceptors (Lipinski definition) is 4. The maximum Gasteiger partial charge on any atom is 0.263 e. The summed E-state index contributed by atoms with van der Waals surface area (Å²) in [5.74, 6) is 0.645. The van der Waals surface area contributed by atoms with Gasteiger partial charge in [0.25, 0.3) is 5.91 Å². The molecule has 0 saturated heterocycles. The van der Waals surface area contributed by atoms with Gasteiger partial charge < -0.3 is 15.8 Å². The van der Waals surface area contributed by atoms with Crippen LogP contribution >= 0.6 is 11.3 Å². The number of nitrogens with two attached hydrogens (primary N) is 1. The average molecular weight is 250 g/mol. The van der Waals surface area contributed by atoms with Crippen LogP contribution in [0.3, 0.4) is 0 Å². The number of carbonyl (C=O) groups excluding carboxylic acids is 1. The van der Waals surface area contributed by atoms with Crippen LogP contribution in [0.15, 0.2) is 18.2 Å². The molecule has 0 spiro atoms. The Balaban J connectivity index is 2.52. The Morgan fingerprint density at radius 1 is 1.53 bits per heavy atom. The summed E-state index contributed by atoms with van der Waals surface area (Å²) in [6.45, 7) is 2.47. The smallest absolute Gasteiger partial charge is 0.263 e. The van der Waals surface area contributed by atoms with Crippen molar-refractivity contribution in [3.05, 3.63) is 23.1 Å². The van der Waals surface area contributed by atoms with Crippen LogP contribution in [-0.2, 0) is 0 Å². The second kappa shape index (κ2) is 4.63. The van der Waals surface area contributed by atoms with Crippen molar-refractivity contribution in [3.63, 3.8) is 0 Å². The number of thiophene rings is 1. The van der Waals surface area contributed by atoms with E-state index in [-0.39, 0.29) is 5.91 Å². The van der Waals surface area contributed by atoms with E-state index in [1.165, 1.54) is 11.3 Å². The van der Waals surface area contributed by atoms with Gasteiger partial charge in [-0.1, -0.05) is 0 Å². The summed E-state index contributed by atoms with van der Waals surface area (Å²) in [5, 5.41) is 3.65. The molecule has 0 saturated carbocycles. The van der Waals surface area contributed by atoms with Gasteiger partial charge in [0, 0.05) is 16.6 Å². The van der Waals surface area contributed by atoms with E-state index in [9.17, 15) is 4.79 Å². The van der Waals surface area contributed by atoms with Crippen LogP contribution in [0.2, 0.25) is 0 Å². The molecule has 1 aromatic heterocycles. The number of benzene rings is 1. The number of carbonyl (C=O) groups is 1. The maximum absolute atomic E-state index is 11.8. The molecule has 3 N–H and O–H groups in total. The molecule has 2 rings (SSSR count). The molecular formula is C12H14N2O2S. The summed E-state index contributed by atoms with van der Waals surface area (Å²) in [6.07, 6.45) is 0. The van der Waals surface area contributed by atoms with Crippen molar-refractivity contribution in [3.8, 4) is 5.75 Å². The summed E-state index contributed by atoms with van der Waals surface area (Å²) in [7, 11) is 1.61. The van der Waals surface area contributed by atoms with Gasteiger partial charge in [0.2, 0.25) is 0 Å². The summed E-state index contributed by atoms with van der Waals surface area (Å²) in [5.41, 5.74) is 6.51. The molecule has 5 heteroatoms. The number of rotatable bonds is 3. The number of methoxy groups -OCH3 is 1. The van der Waals surface area contributed by atoms with Gasteiger partial charge in [0.05, 0.1) is 12.8 Å². The van der Waals surface area contributed by atoms with E-state index in [0.717, 1.165) is 15.8 Å². The van der Waals surface area contributed by atoms with Crippen LogP contribution in [0.5, 0.6) is 5.75 Å². The third kappa shape index (κ3) is 2.06. The van der Waals surface area contributed by atoms with Gasteiger partial charge in [0.1, 0.15) is 10.6 Å². The fourth-order valence-electron chi connectivity index (χ4n) is 1.63. The van der Waals surface area contributed by atoms with E-state index >= 15 is 0 Å². The van der Waals surface area contributed by atoms with E-state index in [0.29, 0.717) is 17.1 Å². The van der Waals surface area contributed by atoms with Crippen molar-refractivity contribution in [1.29, 1.82) is 0 Å². The molecule has 17 heavy (non-hydrogen) atoms. The zero-order valence-electron chi connectivity index (χ0n) is 9.74. The van der Waals surface area contributed by atoms with Crippen molar-refractivity contribution in [2.45, 2.75) is 6.92 Å². The van der Waals surface area contributed by atoms with Crippen LogP contribution in [0, 0.1) is 0 Å². The Kier molecular flexibility index (Phi) is 3.19. The van der Waals surface area contributed by atoms with Crippen LogP contribution in [0.1, 0.15) is 16.6 Å². The molecule has 0 bridgehead atoms. The predicted octanol–water partition coefficient (Wildman–Crippen LogP) is 2.24. The minimum atomic E-state index is -0.120. The van der Waals surface area contributed by atoms with E-state index in [2.05, 4.69) is 5.32 Å². The average Bonchev–Trinajstić information content (AvgIpc) is 2.66.